The second kappa shape index (κ2) is 9.52. The Hall–Kier alpha value is -1.75. The van der Waals surface area contributed by atoms with E-state index in [4.69, 9.17) is 27.9 Å². The molecule has 0 fully saturated rings. The molecule has 0 atom stereocenters. The van der Waals surface area contributed by atoms with Gasteiger partial charge in [-0.2, -0.15) is 0 Å². The average Bonchev–Trinajstić information content (AvgIpc) is 2.55. The molecular formula is C18H20Cl2N2O2. The first-order valence-electron chi connectivity index (χ1n) is 7.61. The molecule has 2 aromatic rings. The second-order valence-corrected chi connectivity index (χ2v) is 6.32. The Labute approximate surface area is 152 Å². The monoisotopic (exact) mass is 366 g/mol. The zero-order valence-electron chi connectivity index (χ0n) is 13.5. The number of halogens is 2. The lowest BCUT2D eigenvalue weighted by Gasteiger charge is -2.16. The molecule has 4 nitrogen and oxygen atoms in total. The zero-order valence-corrected chi connectivity index (χ0v) is 15.0. The van der Waals surface area contributed by atoms with E-state index >= 15 is 0 Å². The van der Waals surface area contributed by atoms with E-state index in [1.807, 2.05) is 36.2 Å². The number of nitrogens with one attached hydrogen (secondary N) is 1. The van der Waals surface area contributed by atoms with Gasteiger partial charge in [0.15, 0.2) is 0 Å². The van der Waals surface area contributed by atoms with Gasteiger partial charge in [-0.15, -0.1) is 0 Å². The molecule has 0 heterocycles. The minimum atomic E-state index is -0.0360. The van der Waals surface area contributed by atoms with Gasteiger partial charge in [0.2, 0.25) is 5.91 Å². The summed E-state index contributed by atoms with van der Waals surface area (Å²) >= 11 is 11.7. The fraction of sp³-hybridized carbons (Fsp3) is 0.278. The number of nitrogens with zero attached hydrogens (tertiary/aromatic N) is 1. The van der Waals surface area contributed by atoms with E-state index in [0.717, 1.165) is 11.3 Å². The summed E-state index contributed by atoms with van der Waals surface area (Å²) in [5, 5.41) is 4.21. The predicted molar refractivity (Wildman–Crippen MR) is 97.7 cm³/mol. The molecule has 0 aromatic heterocycles. The Morgan fingerprint density at radius 2 is 1.62 bits per heavy atom. The molecule has 2 aromatic carbocycles. The van der Waals surface area contributed by atoms with Crippen molar-refractivity contribution in [1.29, 1.82) is 0 Å². The topological polar surface area (TPSA) is 41.6 Å². The van der Waals surface area contributed by atoms with Crippen molar-refractivity contribution in [3.8, 4) is 5.75 Å². The lowest BCUT2D eigenvalue weighted by molar-refractivity contribution is -0.122. The third-order valence-corrected chi connectivity index (χ3v) is 3.79. The second-order valence-electron chi connectivity index (χ2n) is 5.45. The molecule has 24 heavy (non-hydrogen) atoms. The summed E-state index contributed by atoms with van der Waals surface area (Å²) in [6.07, 6.45) is 0. The van der Waals surface area contributed by atoms with E-state index < -0.39 is 0 Å². The van der Waals surface area contributed by atoms with Gasteiger partial charge in [0.25, 0.3) is 0 Å². The van der Waals surface area contributed by atoms with E-state index in [9.17, 15) is 4.79 Å². The van der Waals surface area contributed by atoms with Crippen LogP contribution in [0.2, 0.25) is 10.0 Å². The van der Waals surface area contributed by atoms with Gasteiger partial charge in [-0.3, -0.25) is 9.69 Å². The van der Waals surface area contributed by atoms with Gasteiger partial charge in [-0.05, 0) is 49.0 Å². The fourth-order valence-electron chi connectivity index (χ4n) is 2.15. The Bertz CT molecular complexity index is 645. The largest absolute Gasteiger partial charge is 0.492 e. The molecule has 2 rings (SSSR count). The van der Waals surface area contributed by atoms with Crippen LogP contribution in [-0.2, 0) is 11.3 Å². The highest BCUT2D eigenvalue weighted by atomic mass is 35.5. The predicted octanol–water partition coefficient (Wildman–Crippen LogP) is 3.62. The Morgan fingerprint density at radius 3 is 2.25 bits per heavy atom. The number of carbonyl (C=O) groups is 1. The van der Waals surface area contributed by atoms with Crippen LogP contribution in [0.5, 0.6) is 5.75 Å². The third-order valence-electron chi connectivity index (χ3n) is 3.29. The molecule has 128 valence electrons. The molecule has 0 radical (unpaired) electrons. The van der Waals surface area contributed by atoms with Crippen molar-refractivity contribution in [3.63, 3.8) is 0 Å². The van der Waals surface area contributed by atoms with Crippen LogP contribution >= 0.6 is 23.2 Å². The summed E-state index contributed by atoms with van der Waals surface area (Å²) in [7, 11) is 1.90. The van der Waals surface area contributed by atoms with Gasteiger partial charge < -0.3 is 10.1 Å². The molecule has 6 heteroatoms. The fourth-order valence-corrected chi connectivity index (χ4v) is 2.40. The number of benzene rings is 2. The highest BCUT2D eigenvalue weighted by Gasteiger charge is 2.07. The Morgan fingerprint density at radius 1 is 1.04 bits per heavy atom. The first kappa shape index (κ1) is 18.6. The van der Waals surface area contributed by atoms with Gasteiger partial charge >= 0.3 is 0 Å². The van der Waals surface area contributed by atoms with Crippen LogP contribution in [0.25, 0.3) is 0 Å². The lowest BCUT2D eigenvalue weighted by Crippen LogP contribution is -2.36. The Kier molecular flexibility index (Phi) is 7.37. The van der Waals surface area contributed by atoms with E-state index in [-0.39, 0.29) is 5.91 Å². The number of likely N-dealkylation sites (N-methyl/N-ethyl adjacent to an activating group) is 1. The molecule has 0 aliphatic carbocycles. The molecule has 0 unspecified atom stereocenters. The highest BCUT2D eigenvalue weighted by molar-refractivity contribution is 6.30. The molecule has 0 bridgehead atoms. The van der Waals surface area contributed by atoms with Crippen molar-refractivity contribution >= 4 is 29.1 Å². The van der Waals surface area contributed by atoms with E-state index in [1.54, 1.807) is 24.3 Å². The molecule has 0 spiro atoms. The summed E-state index contributed by atoms with van der Waals surface area (Å²) in [5.41, 5.74) is 1.11. The number of carbonyl (C=O) groups excluding carboxylic acids is 1. The maximum absolute atomic E-state index is 11.9. The summed E-state index contributed by atoms with van der Waals surface area (Å²) < 4.78 is 5.52. The van der Waals surface area contributed by atoms with Crippen molar-refractivity contribution in [2.75, 3.05) is 26.7 Å². The molecule has 0 aliphatic rings. The minimum Gasteiger partial charge on any atom is -0.492 e. The number of rotatable bonds is 8. The molecule has 0 saturated heterocycles. The number of hydrogen-bond acceptors (Lipinski definition) is 3. The number of amides is 1. The molecule has 0 aliphatic heterocycles. The van der Waals surface area contributed by atoms with Crippen molar-refractivity contribution in [2.45, 2.75) is 6.54 Å². The van der Waals surface area contributed by atoms with E-state index in [0.29, 0.717) is 36.3 Å². The average molecular weight is 367 g/mol. The summed E-state index contributed by atoms with van der Waals surface area (Å²) in [5.74, 6) is 0.694. The van der Waals surface area contributed by atoms with Gasteiger partial charge in [0.1, 0.15) is 12.4 Å². The molecule has 0 saturated carbocycles. The normalized spacial score (nSPS) is 10.7. The van der Waals surface area contributed by atoms with Crippen LogP contribution in [0.4, 0.5) is 0 Å². The molecule has 1 amide bonds. The first-order valence-corrected chi connectivity index (χ1v) is 8.36. The van der Waals surface area contributed by atoms with E-state index in [1.165, 1.54) is 0 Å². The van der Waals surface area contributed by atoms with Crippen LogP contribution in [0.1, 0.15) is 5.56 Å². The van der Waals surface area contributed by atoms with Crippen LogP contribution < -0.4 is 10.1 Å². The van der Waals surface area contributed by atoms with E-state index in [2.05, 4.69) is 5.32 Å². The van der Waals surface area contributed by atoms with Crippen LogP contribution in [0, 0.1) is 0 Å². The van der Waals surface area contributed by atoms with Crippen LogP contribution in [-0.4, -0.2) is 37.6 Å². The molecule has 1 N–H and O–H groups in total. The minimum absolute atomic E-state index is 0.0360. The standard InChI is InChI=1S/C18H20Cl2N2O2/c1-22(12-14-2-4-15(19)5-3-14)13-18(23)21-10-11-24-17-8-6-16(20)7-9-17/h2-9H,10-13H2,1H3,(H,21,23). The van der Waals surface area contributed by atoms with Crippen LogP contribution in [0.15, 0.2) is 48.5 Å². The van der Waals surface area contributed by atoms with Crippen LogP contribution in [0.3, 0.4) is 0 Å². The number of hydrogen-bond donors (Lipinski definition) is 1. The number of ether oxygens (including phenoxy) is 1. The first-order chi connectivity index (χ1) is 11.5. The SMILES string of the molecule is CN(CC(=O)NCCOc1ccc(Cl)cc1)Cc1ccc(Cl)cc1. The third kappa shape index (κ3) is 6.79. The summed E-state index contributed by atoms with van der Waals surface area (Å²) in [6, 6.07) is 14.7. The Balaban J connectivity index is 1.63. The van der Waals surface area contributed by atoms with Gasteiger partial charge in [0, 0.05) is 16.6 Å². The lowest BCUT2D eigenvalue weighted by atomic mass is 10.2. The summed E-state index contributed by atoms with van der Waals surface area (Å²) in [6.45, 7) is 1.87. The zero-order chi connectivity index (χ0) is 17.4. The van der Waals surface area contributed by atoms with Gasteiger partial charge in [-0.1, -0.05) is 35.3 Å². The highest BCUT2D eigenvalue weighted by Crippen LogP contribution is 2.15. The van der Waals surface area contributed by atoms with Crippen molar-refractivity contribution < 1.29 is 9.53 Å². The maximum atomic E-state index is 11.9. The van der Waals surface area contributed by atoms with Crippen molar-refractivity contribution in [3.05, 3.63) is 64.1 Å². The van der Waals surface area contributed by atoms with Gasteiger partial charge in [-0.25, -0.2) is 0 Å². The smallest absolute Gasteiger partial charge is 0.234 e. The van der Waals surface area contributed by atoms with Gasteiger partial charge in [0.05, 0.1) is 13.1 Å². The van der Waals surface area contributed by atoms with Crippen molar-refractivity contribution in [1.82, 2.24) is 10.2 Å². The quantitative estimate of drug-likeness (QED) is 0.725. The summed E-state index contributed by atoms with van der Waals surface area (Å²) in [4.78, 5) is 13.8. The van der Waals surface area contributed by atoms with Crippen molar-refractivity contribution in [2.24, 2.45) is 0 Å². The molecular weight excluding hydrogens is 347 g/mol. The maximum Gasteiger partial charge on any atom is 0.234 e.